The van der Waals surface area contributed by atoms with Gasteiger partial charge in [0.1, 0.15) is 0 Å². The lowest BCUT2D eigenvalue weighted by molar-refractivity contribution is 0.210. The molecule has 1 atom stereocenters. The zero-order chi connectivity index (χ0) is 18.4. The molecule has 136 valence electrons. The summed E-state index contributed by atoms with van der Waals surface area (Å²) in [5.41, 5.74) is 1.98. The van der Waals surface area contributed by atoms with Gasteiger partial charge < -0.3 is 10.4 Å². The summed E-state index contributed by atoms with van der Waals surface area (Å²) in [4.78, 5) is 4.52. The van der Waals surface area contributed by atoms with Gasteiger partial charge >= 0.3 is 0 Å². The average molecular weight is 363 g/mol. The minimum Gasteiger partial charge on any atom is -0.395 e. The summed E-state index contributed by atoms with van der Waals surface area (Å²) in [5, 5.41) is 12.8. The van der Waals surface area contributed by atoms with E-state index in [1.54, 1.807) is 30.5 Å². The van der Waals surface area contributed by atoms with Gasteiger partial charge in [-0.1, -0.05) is 32.0 Å². The predicted molar refractivity (Wildman–Crippen MR) is 98.5 cm³/mol. The Kier molecular flexibility index (Phi) is 6.66. The molecule has 0 aliphatic rings. The van der Waals surface area contributed by atoms with E-state index in [2.05, 4.69) is 15.0 Å². The van der Waals surface area contributed by atoms with Gasteiger partial charge in [-0.25, -0.2) is 13.1 Å². The lowest BCUT2D eigenvalue weighted by atomic mass is 10.0. The van der Waals surface area contributed by atoms with Gasteiger partial charge in [0.2, 0.25) is 10.0 Å². The Hall–Kier alpha value is -1.80. The van der Waals surface area contributed by atoms with Gasteiger partial charge in [0, 0.05) is 24.3 Å². The zero-order valence-corrected chi connectivity index (χ0v) is 15.5. The number of nitrogens with zero attached hydrogens (tertiary/aromatic N) is 1. The van der Waals surface area contributed by atoms with Gasteiger partial charge in [0.25, 0.3) is 0 Å². The van der Waals surface area contributed by atoms with E-state index in [1.165, 1.54) is 7.05 Å². The van der Waals surface area contributed by atoms with Gasteiger partial charge in [-0.2, -0.15) is 0 Å². The van der Waals surface area contributed by atoms with Crippen LogP contribution in [0.4, 0.5) is 0 Å². The highest BCUT2D eigenvalue weighted by Gasteiger charge is 2.22. The third kappa shape index (κ3) is 4.64. The van der Waals surface area contributed by atoms with E-state index in [4.69, 9.17) is 0 Å². The fourth-order valence-corrected chi connectivity index (χ4v) is 3.59. The molecule has 0 unspecified atom stereocenters. The van der Waals surface area contributed by atoms with E-state index < -0.39 is 10.0 Å². The van der Waals surface area contributed by atoms with Crippen LogP contribution in [-0.4, -0.2) is 38.2 Å². The van der Waals surface area contributed by atoms with Crippen LogP contribution in [0, 0.1) is 5.92 Å². The second-order valence-corrected chi connectivity index (χ2v) is 7.98. The van der Waals surface area contributed by atoms with Crippen LogP contribution in [0.5, 0.6) is 0 Å². The normalized spacial score (nSPS) is 13.2. The molecule has 2 rings (SSSR count). The molecule has 0 fully saturated rings. The number of hydrogen-bond donors (Lipinski definition) is 3. The number of aromatic nitrogens is 1. The van der Waals surface area contributed by atoms with E-state index in [-0.39, 0.29) is 23.5 Å². The van der Waals surface area contributed by atoms with Crippen molar-refractivity contribution in [3.05, 3.63) is 48.2 Å². The minimum atomic E-state index is -3.63. The smallest absolute Gasteiger partial charge is 0.240 e. The predicted octanol–water partition coefficient (Wildman–Crippen LogP) is 1.76. The van der Waals surface area contributed by atoms with E-state index in [9.17, 15) is 13.5 Å². The first-order chi connectivity index (χ1) is 11.9. The molecular formula is C18H25N3O3S. The molecule has 2 aromatic rings. The Morgan fingerprint density at radius 2 is 1.92 bits per heavy atom. The van der Waals surface area contributed by atoms with Crippen LogP contribution in [0.1, 0.15) is 19.4 Å². The first-order valence-electron chi connectivity index (χ1n) is 8.21. The molecule has 6 nitrogen and oxygen atoms in total. The molecule has 0 amide bonds. The van der Waals surface area contributed by atoms with E-state index >= 15 is 0 Å². The van der Waals surface area contributed by atoms with Crippen molar-refractivity contribution in [2.75, 3.05) is 13.7 Å². The number of sulfonamides is 1. The maximum atomic E-state index is 12.5. The van der Waals surface area contributed by atoms with Crippen molar-refractivity contribution in [3.63, 3.8) is 0 Å². The number of rotatable bonds is 8. The molecule has 0 radical (unpaired) electrons. The number of hydrogen-bond acceptors (Lipinski definition) is 5. The zero-order valence-electron chi connectivity index (χ0n) is 14.7. The first kappa shape index (κ1) is 19.5. The number of benzene rings is 1. The van der Waals surface area contributed by atoms with Crippen molar-refractivity contribution in [3.8, 4) is 11.3 Å². The molecule has 1 aromatic carbocycles. The van der Waals surface area contributed by atoms with Crippen LogP contribution in [0.3, 0.4) is 0 Å². The third-order valence-corrected chi connectivity index (χ3v) is 5.60. The maximum absolute atomic E-state index is 12.5. The summed E-state index contributed by atoms with van der Waals surface area (Å²) >= 11 is 0. The molecule has 0 bridgehead atoms. The molecule has 0 aliphatic carbocycles. The molecule has 1 heterocycles. The van der Waals surface area contributed by atoms with Crippen molar-refractivity contribution < 1.29 is 13.5 Å². The third-order valence-electron chi connectivity index (χ3n) is 4.15. The largest absolute Gasteiger partial charge is 0.395 e. The monoisotopic (exact) mass is 363 g/mol. The van der Waals surface area contributed by atoms with Gasteiger partial charge in [-0.05, 0) is 36.7 Å². The molecule has 3 N–H and O–H groups in total. The van der Waals surface area contributed by atoms with Crippen LogP contribution in [-0.2, 0) is 16.6 Å². The standard InChI is InChI=1S/C18H25N3O3S/c1-13(2)16(12-22)21-11-14-7-6-9-17(25(23,24)19-3)18(14)15-8-4-5-10-20-15/h4-10,13,16,19,21-22H,11-12H2,1-3H3/t16-/m0/s1. The van der Waals surface area contributed by atoms with Crippen molar-refractivity contribution in [2.45, 2.75) is 31.3 Å². The number of aliphatic hydroxyl groups is 1. The summed E-state index contributed by atoms with van der Waals surface area (Å²) < 4.78 is 27.3. The molecule has 0 saturated carbocycles. The van der Waals surface area contributed by atoms with Gasteiger partial charge in [0.05, 0.1) is 17.2 Å². The Labute approximate surface area is 149 Å². The SMILES string of the molecule is CNS(=O)(=O)c1cccc(CN[C@@H](CO)C(C)C)c1-c1ccccn1. The Balaban J connectivity index is 2.51. The second-order valence-electron chi connectivity index (χ2n) is 6.13. The van der Waals surface area contributed by atoms with Gasteiger partial charge in [0.15, 0.2) is 0 Å². The molecule has 0 saturated heterocycles. The summed E-state index contributed by atoms with van der Waals surface area (Å²) in [7, 11) is -2.24. The van der Waals surface area contributed by atoms with Crippen molar-refractivity contribution >= 4 is 10.0 Å². The van der Waals surface area contributed by atoms with Crippen LogP contribution >= 0.6 is 0 Å². The van der Waals surface area contributed by atoms with Crippen molar-refractivity contribution in [1.29, 1.82) is 0 Å². The Morgan fingerprint density at radius 3 is 2.48 bits per heavy atom. The molecule has 0 spiro atoms. The summed E-state index contributed by atoms with van der Waals surface area (Å²) in [6.45, 7) is 4.50. The fourth-order valence-electron chi connectivity index (χ4n) is 2.61. The lowest BCUT2D eigenvalue weighted by Gasteiger charge is -2.21. The van der Waals surface area contributed by atoms with E-state index in [0.29, 0.717) is 17.8 Å². The topological polar surface area (TPSA) is 91.3 Å². The van der Waals surface area contributed by atoms with E-state index in [0.717, 1.165) is 5.56 Å². The first-order valence-corrected chi connectivity index (χ1v) is 9.70. The lowest BCUT2D eigenvalue weighted by Crippen LogP contribution is -2.36. The molecule has 7 heteroatoms. The van der Waals surface area contributed by atoms with Crippen molar-refractivity contribution in [2.24, 2.45) is 5.92 Å². The maximum Gasteiger partial charge on any atom is 0.240 e. The molecule has 0 aliphatic heterocycles. The van der Waals surface area contributed by atoms with Crippen LogP contribution in [0.2, 0.25) is 0 Å². The van der Waals surface area contributed by atoms with Crippen molar-refractivity contribution in [1.82, 2.24) is 15.0 Å². The van der Waals surface area contributed by atoms with Crippen LogP contribution in [0.15, 0.2) is 47.5 Å². The highest BCUT2D eigenvalue weighted by Crippen LogP contribution is 2.29. The number of aliphatic hydroxyl groups excluding tert-OH is 1. The molecule has 1 aromatic heterocycles. The summed E-state index contributed by atoms with van der Waals surface area (Å²) in [5.74, 6) is 0.257. The van der Waals surface area contributed by atoms with Gasteiger partial charge in [-0.3, -0.25) is 4.98 Å². The quantitative estimate of drug-likeness (QED) is 0.665. The fraction of sp³-hybridized carbons (Fsp3) is 0.389. The van der Waals surface area contributed by atoms with Crippen LogP contribution < -0.4 is 10.0 Å². The summed E-state index contributed by atoms with van der Waals surface area (Å²) in [6.07, 6.45) is 1.64. The molecular weight excluding hydrogens is 338 g/mol. The molecule has 25 heavy (non-hydrogen) atoms. The van der Waals surface area contributed by atoms with Crippen LogP contribution in [0.25, 0.3) is 11.3 Å². The minimum absolute atomic E-state index is 0.0189. The van der Waals surface area contributed by atoms with Gasteiger partial charge in [-0.15, -0.1) is 0 Å². The Morgan fingerprint density at radius 1 is 1.16 bits per heavy atom. The Bertz CT molecular complexity index is 792. The summed E-state index contributed by atoms with van der Waals surface area (Å²) in [6, 6.07) is 10.5. The van der Waals surface area contributed by atoms with E-state index in [1.807, 2.05) is 26.0 Å². The second kappa shape index (κ2) is 8.53. The highest BCUT2D eigenvalue weighted by molar-refractivity contribution is 7.89. The highest BCUT2D eigenvalue weighted by atomic mass is 32.2. The number of nitrogens with one attached hydrogen (secondary N) is 2. The number of pyridine rings is 1. The average Bonchev–Trinajstić information content (AvgIpc) is 2.62.